The number of amides is 1. The predicted octanol–water partition coefficient (Wildman–Crippen LogP) is 3.50. The molecule has 0 radical (unpaired) electrons. The molecular formula is C21H28N2O4. The average molecular weight is 372 g/mol. The van der Waals surface area contributed by atoms with E-state index in [0.29, 0.717) is 18.7 Å². The van der Waals surface area contributed by atoms with E-state index in [1.54, 1.807) is 4.90 Å². The minimum atomic E-state index is -0.636. The van der Waals surface area contributed by atoms with Crippen molar-refractivity contribution in [3.05, 3.63) is 29.3 Å². The van der Waals surface area contributed by atoms with Crippen LogP contribution in [0.3, 0.4) is 0 Å². The molecule has 0 N–H and O–H groups in total. The minimum absolute atomic E-state index is 0.260. The molecule has 1 aromatic carbocycles. The zero-order valence-electron chi connectivity index (χ0n) is 16.7. The summed E-state index contributed by atoms with van der Waals surface area (Å²) in [6, 6.07) is 6.02. The predicted molar refractivity (Wildman–Crippen MR) is 105 cm³/mol. The third-order valence-corrected chi connectivity index (χ3v) is 4.79. The molecule has 1 fully saturated rings. The normalized spacial score (nSPS) is 18.9. The maximum atomic E-state index is 12.2. The average Bonchev–Trinajstić information content (AvgIpc) is 2.58. The van der Waals surface area contributed by atoms with Gasteiger partial charge >= 0.3 is 6.09 Å². The highest BCUT2D eigenvalue weighted by Crippen LogP contribution is 2.37. The lowest BCUT2D eigenvalue weighted by atomic mass is 9.93. The van der Waals surface area contributed by atoms with Crippen molar-refractivity contribution in [2.45, 2.75) is 45.8 Å². The zero-order valence-corrected chi connectivity index (χ0v) is 16.7. The van der Waals surface area contributed by atoms with Crippen LogP contribution in [-0.2, 0) is 9.53 Å². The number of carbonyl (C=O) groups is 2. The molecule has 0 atom stereocenters. The van der Waals surface area contributed by atoms with E-state index < -0.39 is 11.2 Å². The SMILES string of the molecule is CC(C)(C)OC(=O)N1CCN(c2ccc3c(c2)OC(C)(C)C(C=O)=C3)CC1. The fraction of sp³-hybridized carbons (Fsp3) is 0.524. The van der Waals surface area contributed by atoms with Gasteiger partial charge in [-0.05, 0) is 52.8 Å². The third-order valence-electron chi connectivity index (χ3n) is 4.79. The summed E-state index contributed by atoms with van der Waals surface area (Å²) in [4.78, 5) is 27.5. The molecule has 0 spiro atoms. The monoisotopic (exact) mass is 372 g/mol. The van der Waals surface area contributed by atoms with E-state index in [4.69, 9.17) is 9.47 Å². The smallest absolute Gasteiger partial charge is 0.410 e. The van der Waals surface area contributed by atoms with E-state index >= 15 is 0 Å². The first kappa shape index (κ1) is 19.3. The lowest BCUT2D eigenvalue weighted by molar-refractivity contribution is -0.106. The van der Waals surface area contributed by atoms with Crippen LogP contribution < -0.4 is 9.64 Å². The highest BCUT2D eigenvalue weighted by atomic mass is 16.6. The van der Waals surface area contributed by atoms with Crippen molar-refractivity contribution in [2.24, 2.45) is 0 Å². The van der Waals surface area contributed by atoms with Crippen LogP contribution in [0.2, 0.25) is 0 Å². The molecule has 2 heterocycles. The first-order valence-electron chi connectivity index (χ1n) is 9.32. The van der Waals surface area contributed by atoms with Crippen LogP contribution in [0.15, 0.2) is 23.8 Å². The summed E-state index contributed by atoms with van der Waals surface area (Å²) < 4.78 is 11.5. The fourth-order valence-corrected chi connectivity index (χ4v) is 3.25. The Morgan fingerprint density at radius 2 is 1.85 bits per heavy atom. The number of hydrogen-bond acceptors (Lipinski definition) is 5. The van der Waals surface area contributed by atoms with Gasteiger partial charge in [0.1, 0.15) is 23.2 Å². The Hall–Kier alpha value is -2.50. The molecule has 0 saturated carbocycles. The Morgan fingerprint density at radius 3 is 2.44 bits per heavy atom. The number of fused-ring (bicyclic) bond motifs is 1. The highest BCUT2D eigenvalue weighted by Gasteiger charge is 2.31. The summed E-state index contributed by atoms with van der Waals surface area (Å²) in [5.74, 6) is 0.776. The summed E-state index contributed by atoms with van der Waals surface area (Å²) in [5, 5.41) is 0. The van der Waals surface area contributed by atoms with Gasteiger partial charge in [0.2, 0.25) is 0 Å². The van der Waals surface area contributed by atoms with Gasteiger partial charge in [0.25, 0.3) is 0 Å². The molecule has 1 amide bonds. The van der Waals surface area contributed by atoms with Gasteiger partial charge in [0.15, 0.2) is 0 Å². The summed E-state index contributed by atoms with van der Waals surface area (Å²) in [7, 11) is 0. The molecule has 0 bridgehead atoms. The Kier molecular flexibility index (Phi) is 4.93. The lowest BCUT2D eigenvalue weighted by Crippen LogP contribution is -2.50. The van der Waals surface area contributed by atoms with Gasteiger partial charge in [-0.2, -0.15) is 0 Å². The van der Waals surface area contributed by atoms with Crippen molar-refractivity contribution in [2.75, 3.05) is 31.1 Å². The second kappa shape index (κ2) is 6.91. The molecular weight excluding hydrogens is 344 g/mol. The fourth-order valence-electron chi connectivity index (χ4n) is 3.25. The number of aldehydes is 1. The van der Waals surface area contributed by atoms with Crippen molar-refractivity contribution in [3.63, 3.8) is 0 Å². The van der Waals surface area contributed by atoms with Crippen molar-refractivity contribution in [1.29, 1.82) is 0 Å². The standard InChI is InChI=1S/C21H28N2O4/c1-20(2,3)27-19(25)23-10-8-22(9-11-23)17-7-6-15-12-16(14-24)21(4,5)26-18(15)13-17/h6-7,12-14H,8-11H2,1-5H3. The summed E-state index contributed by atoms with van der Waals surface area (Å²) in [6.07, 6.45) is 2.48. The number of carbonyl (C=O) groups excluding carboxylic acids is 2. The minimum Gasteiger partial charge on any atom is -0.482 e. The molecule has 2 aliphatic heterocycles. The van der Waals surface area contributed by atoms with Crippen LogP contribution in [0.4, 0.5) is 10.5 Å². The Bertz CT molecular complexity index is 769. The maximum absolute atomic E-state index is 12.2. The van der Waals surface area contributed by atoms with Crippen molar-refractivity contribution in [1.82, 2.24) is 4.90 Å². The topological polar surface area (TPSA) is 59.1 Å². The molecule has 0 aliphatic carbocycles. The molecule has 0 aromatic heterocycles. The van der Waals surface area contributed by atoms with Crippen LogP contribution in [0.1, 0.15) is 40.2 Å². The summed E-state index contributed by atoms with van der Waals surface area (Å²) >= 11 is 0. The maximum Gasteiger partial charge on any atom is 0.410 e. The number of benzene rings is 1. The van der Waals surface area contributed by atoms with E-state index in [-0.39, 0.29) is 6.09 Å². The lowest BCUT2D eigenvalue weighted by Gasteiger charge is -2.37. The number of nitrogens with zero attached hydrogens (tertiary/aromatic N) is 2. The van der Waals surface area contributed by atoms with Crippen molar-refractivity contribution >= 4 is 24.1 Å². The molecule has 146 valence electrons. The molecule has 27 heavy (non-hydrogen) atoms. The van der Waals surface area contributed by atoms with E-state index in [1.165, 1.54) is 0 Å². The van der Waals surface area contributed by atoms with Gasteiger partial charge in [-0.3, -0.25) is 4.79 Å². The number of hydrogen-bond donors (Lipinski definition) is 0. The van der Waals surface area contributed by atoms with Crippen LogP contribution in [0.5, 0.6) is 5.75 Å². The quantitative estimate of drug-likeness (QED) is 0.744. The van der Waals surface area contributed by atoms with Gasteiger partial charge in [-0.15, -0.1) is 0 Å². The van der Waals surface area contributed by atoms with Gasteiger partial charge in [-0.1, -0.05) is 0 Å². The zero-order chi connectivity index (χ0) is 19.8. The van der Waals surface area contributed by atoms with Crippen LogP contribution in [0, 0.1) is 0 Å². The Morgan fingerprint density at radius 1 is 1.19 bits per heavy atom. The van der Waals surface area contributed by atoms with Crippen molar-refractivity contribution in [3.8, 4) is 5.75 Å². The van der Waals surface area contributed by atoms with Crippen LogP contribution in [-0.4, -0.2) is 54.7 Å². The number of anilines is 1. The van der Waals surface area contributed by atoms with E-state index in [1.807, 2.05) is 58.9 Å². The molecule has 3 rings (SSSR count). The first-order chi connectivity index (χ1) is 12.6. The summed E-state index contributed by atoms with van der Waals surface area (Å²) in [6.45, 7) is 12.1. The van der Waals surface area contributed by atoms with Gasteiger partial charge < -0.3 is 19.3 Å². The van der Waals surface area contributed by atoms with E-state index in [9.17, 15) is 9.59 Å². The van der Waals surface area contributed by atoms with Gasteiger partial charge in [-0.25, -0.2) is 4.79 Å². The largest absolute Gasteiger partial charge is 0.482 e. The Labute approximate surface area is 160 Å². The van der Waals surface area contributed by atoms with Crippen LogP contribution in [0.25, 0.3) is 6.08 Å². The van der Waals surface area contributed by atoms with Gasteiger partial charge in [0, 0.05) is 49.1 Å². The van der Waals surface area contributed by atoms with E-state index in [2.05, 4.69) is 4.90 Å². The molecule has 1 aromatic rings. The second-order valence-corrected chi connectivity index (χ2v) is 8.51. The molecule has 0 unspecified atom stereocenters. The Balaban J connectivity index is 1.69. The number of ether oxygens (including phenoxy) is 2. The number of piperazine rings is 1. The summed E-state index contributed by atoms with van der Waals surface area (Å²) in [5.41, 5.74) is 1.48. The molecule has 1 saturated heterocycles. The third kappa shape index (κ3) is 4.26. The highest BCUT2D eigenvalue weighted by molar-refractivity contribution is 5.87. The second-order valence-electron chi connectivity index (χ2n) is 8.51. The molecule has 6 heteroatoms. The first-order valence-corrected chi connectivity index (χ1v) is 9.32. The molecule has 2 aliphatic rings. The van der Waals surface area contributed by atoms with Crippen molar-refractivity contribution < 1.29 is 19.1 Å². The van der Waals surface area contributed by atoms with E-state index in [0.717, 1.165) is 36.4 Å². The van der Waals surface area contributed by atoms with Crippen LogP contribution >= 0.6 is 0 Å². The number of rotatable bonds is 2. The molecule has 6 nitrogen and oxygen atoms in total. The van der Waals surface area contributed by atoms with Gasteiger partial charge in [0.05, 0.1) is 0 Å².